The van der Waals surface area contributed by atoms with Crippen molar-refractivity contribution < 1.29 is 17.2 Å². The van der Waals surface area contributed by atoms with Crippen LogP contribution in [0.25, 0.3) is 55.8 Å². The fraction of sp³-hybridized carbons (Fsp3) is 0.200. The highest BCUT2D eigenvalue weighted by Crippen LogP contribution is 2.35. The molecule has 0 bridgehead atoms. The van der Waals surface area contributed by atoms with E-state index in [-0.39, 0.29) is 23.3 Å². The zero-order chi connectivity index (χ0) is 29.6. The highest BCUT2D eigenvalue weighted by atomic mass is 32.2. The minimum absolute atomic E-state index is 0.101. The van der Waals surface area contributed by atoms with E-state index in [9.17, 15) is 12.8 Å². The molecule has 0 amide bonds. The van der Waals surface area contributed by atoms with E-state index >= 15 is 4.39 Å². The molecule has 12 heteroatoms. The van der Waals surface area contributed by atoms with Gasteiger partial charge >= 0.3 is 0 Å². The second-order valence-corrected chi connectivity index (χ2v) is 12.9. The summed E-state index contributed by atoms with van der Waals surface area (Å²) in [6.07, 6.45) is 6.27. The van der Waals surface area contributed by atoms with Gasteiger partial charge in [0.2, 0.25) is 0 Å². The number of nitrogens with one attached hydrogen (secondary N) is 2. The van der Waals surface area contributed by atoms with Crippen molar-refractivity contribution in [3.8, 4) is 33.9 Å². The molecule has 6 aromatic rings. The standard InChI is InChI=1S/C30H27F2N7O2S/c1-39(2)16-18-11-20(15-33-14-18)22-4-5-23-25(26(22)32)29(38-37-23)30-35-24-6-8-34-27(28(24)36-30)19-10-17(12-21(31)13-19)7-9-42(3,40)41/h4-6,8,10-15H,7,9,16H2,1-3H3,(H,35,36)(H,37,38). The lowest BCUT2D eigenvalue weighted by atomic mass is 10.0. The number of H-pyrrole nitrogens is 2. The maximum Gasteiger partial charge on any atom is 0.159 e. The van der Waals surface area contributed by atoms with Crippen molar-refractivity contribution in [3.63, 3.8) is 0 Å². The molecule has 0 unspecified atom stereocenters. The van der Waals surface area contributed by atoms with Crippen LogP contribution in [0.2, 0.25) is 0 Å². The third-order valence-electron chi connectivity index (χ3n) is 6.89. The lowest BCUT2D eigenvalue weighted by Gasteiger charge is -2.11. The van der Waals surface area contributed by atoms with E-state index in [0.29, 0.717) is 56.9 Å². The Morgan fingerprint density at radius 1 is 0.929 bits per heavy atom. The summed E-state index contributed by atoms with van der Waals surface area (Å²) >= 11 is 0. The van der Waals surface area contributed by atoms with Gasteiger partial charge in [-0.3, -0.25) is 15.1 Å². The van der Waals surface area contributed by atoms with Crippen LogP contribution >= 0.6 is 0 Å². The van der Waals surface area contributed by atoms with Gasteiger partial charge in [-0.05, 0) is 74.1 Å². The summed E-state index contributed by atoms with van der Waals surface area (Å²) in [7, 11) is 0.692. The van der Waals surface area contributed by atoms with Crippen molar-refractivity contribution in [1.82, 2.24) is 35.0 Å². The molecule has 6 rings (SSSR count). The quantitative estimate of drug-likeness (QED) is 0.252. The number of sulfone groups is 1. The van der Waals surface area contributed by atoms with Crippen molar-refractivity contribution in [2.24, 2.45) is 0 Å². The van der Waals surface area contributed by atoms with Crippen molar-refractivity contribution in [2.75, 3.05) is 26.1 Å². The molecule has 0 radical (unpaired) electrons. The molecule has 0 saturated heterocycles. The van der Waals surface area contributed by atoms with E-state index in [1.807, 2.05) is 25.1 Å². The molecule has 4 heterocycles. The van der Waals surface area contributed by atoms with E-state index in [1.54, 1.807) is 42.9 Å². The van der Waals surface area contributed by atoms with Gasteiger partial charge in [-0.2, -0.15) is 5.10 Å². The maximum absolute atomic E-state index is 16.1. The molecule has 0 fully saturated rings. The monoisotopic (exact) mass is 587 g/mol. The number of aromatic nitrogens is 6. The molecule has 0 atom stereocenters. The van der Waals surface area contributed by atoms with E-state index < -0.39 is 21.5 Å². The van der Waals surface area contributed by atoms with Crippen LogP contribution in [0, 0.1) is 11.6 Å². The number of benzene rings is 2. The average molecular weight is 588 g/mol. The number of hydrogen-bond acceptors (Lipinski definition) is 7. The van der Waals surface area contributed by atoms with Gasteiger partial charge in [0.05, 0.1) is 27.9 Å². The molecule has 2 N–H and O–H groups in total. The third-order valence-corrected chi connectivity index (χ3v) is 7.84. The number of fused-ring (bicyclic) bond motifs is 2. The summed E-state index contributed by atoms with van der Waals surface area (Å²) in [6.45, 7) is 0.668. The van der Waals surface area contributed by atoms with Crippen molar-refractivity contribution in [3.05, 3.63) is 83.8 Å². The van der Waals surface area contributed by atoms with Crippen molar-refractivity contribution in [2.45, 2.75) is 13.0 Å². The Morgan fingerprint density at radius 3 is 2.52 bits per heavy atom. The van der Waals surface area contributed by atoms with Crippen molar-refractivity contribution >= 4 is 31.8 Å². The van der Waals surface area contributed by atoms with Crippen LogP contribution in [-0.2, 0) is 22.8 Å². The number of pyridine rings is 2. The number of nitrogens with zero attached hydrogens (tertiary/aromatic N) is 5. The maximum atomic E-state index is 16.1. The minimum atomic E-state index is -3.22. The van der Waals surface area contributed by atoms with Gasteiger partial charge in [-0.25, -0.2) is 22.2 Å². The fourth-order valence-electron chi connectivity index (χ4n) is 5.05. The fourth-order valence-corrected chi connectivity index (χ4v) is 5.65. The van der Waals surface area contributed by atoms with E-state index in [1.165, 1.54) is 12.1 Å². The van der Waals surface area contributed by atoms with Crippen LogP contribution in [0.3, 0.4) is 0 Å². The molecule has 42 heavy (non-hydrogen) atoms. The molecule has 214 valence electrons. The Balaban J connectivity index is 1.43. The molecule has 0 aliphatic rings. The van der Waals surface area contributed by atoms with E-state index in [0.717, 1.165) is 11.8 Å². The first-order valence-corrected chi connectivity index (χ1v) is 15.2. The van der Waals surface area contributed by atoms with Crippen LogP contribution in [0.4, 0.5) is 8.78 Å². The number of rotatable bonds is 8. The average Bonchev–Trinajstić information content (AvgIpc) is 3.56. The largest absolute Gasteiger partial charge is 0.336 e. The van der Waals surface area contributed by atoms with Gasteiger partial charge in [0.1, 0.15) is 32.7 Å². The van der Waals surface area contributed by atoms with Crippen LogP contribution < -0.4 is 0 Å². The van der Waals surface area contributed by atoms with Crippen LogP contribution in [0.5, 0.6) is 0 Å². The molecule has 2 aromatic carbocycles. The number of hydrogen-bond donors (Lipinski definition) is 2. The number of halogens is 2. The second-order valence-electron chi connectivity index (χ2n) is 10.6. The number of aromatic amines is 2. The zero-order valence-corrected chi connectivity index (χ0v) is 23.9. The Morgan fingerprint density at radius 2 is 1.74 bits per heavy atom. The Bertz CT molecular complexity index is 2070. The summed E-state index contributed by atoms with van der Waals surface area (Å²) in [5.74, 6) is -0.757. The second kappa shape index (κ2) is 10.7. The Labute approximate surface area is 240 Å². The van der Waals surface area contributed by atoms with Crippen molar-refractivity contribution in [1.29, 1.82) is 0 Å². The Kier molecular flexibility index (Phi) is 7.03. The summed E-state index contributed by atoms with van der Waals surface area (Å²) in [5.41, 5.74) is 5.21. The molecular weight excluding hydrogens is 560 g/mol. The van der Waals surface area contributed by atoms with E-state index in [4.69, 9.17) is 4.98 Å². The first-order valence-electron chi connectivity index (χ1n) is 13.1. The van der Waals surface area contributed by atoms with Gasteiger partial charge in [0.25, 0.3) is 0 Å². The van der Waals surface area contributed by atoms with Gasteiger partial charge in [-0.1, -0.05) is 0 Å². The van der Waals surface area contributed by atoms with E-state index in [2.05, 4.69) is 25.1 Å². The van der Waals surface area contributed by atoms with Gasteiger partial charge in [-0.15, -0.1) is 0 Å². The highest BCUT2D eigenvalue weighted by Gasteiger charge is 2.21. The van der Waals surface area contributed by atoms with Crippen LogP contribution in [0.1, 0.15) is 11.1 Å². The topological polar surface area (TPSA) is 121 Å². The lowest BCUT2D eigenvalue weighted by Crippen LogP contribution is -2.10. The lowest BCUT2D eigenvalue weighted by molar-refractivity contribution is 0.402. The van der Waals surface area contributed by atoms with Crippen LogP contribution in [-0.4, -0.2) is 69.6 Å². The zero-order valence-electron chi connectivity index (χ0n) is 23.1. The minimum Gasteiger partial charge on any atom is -0.336 e. The molecule has 0 aliphatic carbocycles. The first-order chi connectivity index (χ1) is 20.1. The van der Waals surface area contributed by atoms with Crippen LogP contribution in [0.15, 0.2) is 61.1 Å². The third kappa shape index (κ3) is 5.50. The summed E-state index contributed by atoms with van der Waals surface area (Å²) in [5, 5.41) is 7.53. The van der Waals surface area contributed by atoms with Gasteiger partial charge in [0.15, 0.2) is 5.82 Å². The summed E-state index contributed by atoms with van der Waals surface area (Å²) in [6, 6.07) is 11.4. The molecule has 0 saturated carbocycles. The molecule has 0 spiro atoms. The molecule has 4 aromatic heterocycles. The predicted molar refractivity (Wildman–Crippen MR) is 158 cm³/mol. The normalized spacial score (nSPS) is 12.1. The van der Waals surface area contributed by atoms with Gasteiger partial charge < -0.3 is 9.88 Å². The molecule has 0 aliphatic heterocycles. The SMILES string of the molecule is CN(C)Cc1cncc(-c2ccc3[nH]nc(-c4nc5c(-c6cc(F)cc(CCS(C)(=O)=O)c6)nccc5[nH]4)c3c2F)c1. The number of aryl methyl sites for hydroxylation is 1. The predicted octanol–water partition coefficient (Wildman–Crippen LogP) is 5.16. The first kappa shape index (κ1) is 27.6. The summed E-state index contributed by atoms with van der Waals surface area (Å²) in [4.78, 5) is 18.7. The Hall–Kier alpha value is -4.55. The highest BCUT2D eigenvalue weighted by molar-refractivity contribution is 7.90. The number of imidazole rings is 1. The summed E-state index contributed by atoms with van der Waals surface area (Å²) < 4.78 is 54.0. The smallest absolute Gasteiger partial charge is 0.159 e. The van der Waals surface area contributed by atoms with Gasteiger partial charge in [0, 0.05) is 48.1 Å². The molecular formula is C30H27F2N7O2S. The molecule has 9 nitrogen and oxygen atoms in total.